The first kappa shape index (κ1) is 13.1. The third kappa shape index (κ3) is 3.55. The zero-order valence-corrected chi connectivity index (χ0v) is 10.7. The molecule has 1 saturated heterocycles. The van der Waals surface area contributed by atoms with E-state index in [4.69, 9.17) is 9.47 Å². The number of esters is 1. The molecule has 1 heterocycles. The van der Waals surface area contributed by atoms with Gasteiger partial charge in [-0.1, -0.05) is 30.3 Å². The van der Waals surface area contributed by atoms with Crippen LogP contribution in [0.5, 0.6) is 0 Å². The normalized spacial score (nSPS) is 18.3. The van der Waals surface area contributed by atoms with Crippen LogP contribution in [0.1, 0.15) is 12.5 Å². The summed E-state index contributed by atoms with van der Waals surface area (Å²) in [7, 11) is 0. The van der Waals surface area contributed by atoms with E-state index in [1.807, 2.05) is 37.3 Å². The number of carbonyl (C=O) groups is 1. The Labute approximate surface area is 107 Å². The van der Waals surface area contributed by atoms with Crippen LogP contribution in [0.15, 0.2) is 30.3 Å². The van der Waals surface area contributed by atoms with Gasteiger partial charge in [-0.3, -0.25) is 9.69 Å². The van der Waals surface area contributed by atoms with Gasteiger partial charge < -0.3 is 9.47 Å². The molecule has 0 spiro atoms. The molecule has 1 aliphatic rings. The molecule has 1 atom stereocenters. The standard InChI is InChI=1S/C14H19NO3/c1-12(15-7-9-17-10-8-15)14(16)18-11-13-5-3-2-4-6-13/h2-6,12H,7-11H2,1H3/t12-/m1/s1. The van der Waals surface area contributed by atoms with Gasteiger partial charge in [0, 0.05) is 13.1 Å². The van der Waals surface area contributed by atoms with Crippen molar-refractivity contribution >= 4 is 5.97 Å². The number of ether oxygens (including phenoxy) is 2. The van der Waals surface area contributed by atoms with Gasteiger partial charge in [0.2, 0.25) is 0 Å². The van der Waals surface area contributed by atoms with Crippen molar-refractivity contribution in [3.63, 3.8) is 0 Å². The summed E-state index contributed by atoms with van der Waals surface area (Å²) < 4.78 is 10.6. The molecule has 0 N–H and O–H groups in total. The lowest BCUT2D eigenvalue weighted by Gasteiger charge is -2.30. The maximum absolute atomic E-state index is 11.9. The number of morpholine rings is 1. The highest BCUT2D eigenvalue weighted by Crippen LogP contribution is 2.07. The van der Waals surface area contributed by atoms with Crippen LogP contribution < -0.4 is 0 Å². The van der Waals surface area contributed by atoms with Gasteiger partial charge in [-0.25, -0.2) is 0 Å². The molecule has 0 radical (unpaired) electrons. The van der Waals surface area contributed by atoms with Crippen molar-refractivity contribution in [3.05, 3.63) is 35.9 Å². The average molecular weight is 249 g/mol. The third-order valence-corrected chi connectivity index (χ3v) is 3.16. The first-order valence-electron chi connectivity index (χ1n) is 6.30. The van der Waals surface area contributed by atoms with Gasteiger partial charge in [0.1, 0.15) is 12.6 Å². The molecule has 0 unspecified atom stereocenters. The van der Waals surface area contributed by atoms with Crippen molar-refractivity contribution in [2.45, 2.75) is 19.6 Å². The smallest absolute Gasteiger partial charge is 0.323 e. The zero-order valence-electron chi connectivity index (χ0n) is 10.7. The highest BCUT2D eigenvalue weighted by atomic mass is 16.5. The molecule has 1 aromatic carbocycles. The summed E-state index contributed by atoms with van der Waals surface area (Å²) in [5, 5.41) is 0. The molecule has 18 heavy (non-hydrogen) atoms. The van der Waals surface area contributed by atoms with E-state index in [1.165, 1.54) is 0 Å². The second-order valence-electron chi connectivity index (χ2n) is 4.42. The van der Waals surface area contributed by atoms with E-state index in [-0.39, 0.29) is 12.0 Å². The van der Waals surface area contributed by atoms with Crippen LogP contribution in [0.4, 0.5) is 0 Å². The van der Waals surface area contributed by atoms with E-state index in [9.17, 15) is 4.79 Å². The Morgan fingerprint density at radius 3 is 2.67 bits per heavy atom. The molecule has 0 aromatic heterocycles. The molecule has 0 aliphatic carbocycles. The summed E-state index contributed by atoms with van der Waals surface area (Å²) in [5.74, 6) is -0.166. The van der Waals surface area contributed by atoms with Gasteiger partial charge in [-0.2, -0.15) is 0 Å². The second kappa shape index (κ2) is 6.52. The Hall–Kier alpha value is -1.39. The Bertz CT molecular complexity index is 374. The van der Waals surface area contributed by atoms with Crippen molar-refractivity contribution in [2.24, 2.45) is 0 Å². The number of nitrogens with zero attached hydrogens (tertiary/aromatic N) is 1. The molecule has 1 aromatic rings. The monoisotopic (exact) mass is 249 g/mol. The van der Waals surface area contributed by atoms with Gasteiger partial charge in [0.15, 0.2) is 0 Å². The minimum atomic E-state index is -0.197. The fraction of sp³-hybridized carbons (Fsp3) is 0.500. The Morgan fingerprint density at radius 2 is 2.00 bits per heavy atom. The number of benzene rings is 1. The number of hydrogen-bond donors (Lipinski definition) is 0. The molecule has 1 fully saturated rings. The van der Waals surface area contributed by atoms with Crippen LogP contribution in [0.3, 0.4) is 0 Å². The van der Waals surface area contributed by atoms with E-state index in [0.717, 1.165) is 18.7 Å². The Kier molecular flexibility index (Phi) is 4.73. The lowest BCUT2D eigenvalue weighted by molar-refractivity contribution is -0.152. The van der Waals surface area contributed by atoms with Crippen molar-refractivity contribution in [3.8, 4) is 0 Å². The molecule has 98 valence electrons. The first-order chi connectivity index (χ1) is 8.77. The van der Waals surface area contributed by atoms with Crippen molar-refractivity contribution in [1.29, 1.82) is 0 Å². The molecular weight excluding hydrogens is 230 g/mol. The van der Waals surface area contributed by atoms with Gasteiger partial charge in [0.25, 0.3) is 0 Å². The summed E-state index contributed by atoms with van der Waals surface area (Å²) in [4.78, 5) is 14.0. The number of rotatable bonds is 4. The van der Waals surface area contributed by atoms with Gasteiger partial charge in [-0.15, -0.1) is 0 Å². The Morgan fingerprint density at radius 1 is 1.33 bits per heavy atom. The maximum Gasteiger partial charge on any atom is 0.323 e. The molecular formula is C14H19NO3. The van der Waals surface area contributed by atoms with Crippen LogP contribution in [-0.4, -0.2) is 43.2 Å². The average Bonchev–Trinajstić information content (AvgIpc) is 2.46. The molecule has 2 rings (SSSR count). The zero-order chi connectivity index (χ0) is 12.8. The third-order valence-electron chi connectivity index (χ3n) is 3.16. The van der Waals surface area contributed by atoms with Crippen LogP contribution in [-0.2, 0) is 20.9 Å². The van der Waals surface area contributed by atoms with E-state index in [1.54, 1.807) is 0 Å². The van der Waals surface area contributed by atoms with Crippen LogP contribution in [0.2, 0.25) is 0 Å². The van der Waals surface area contributed by atoms with Crippen molar-refractivity contribution < 1.29 is 14.3 Å². The minimum absolute atomic E-state index is 0.166. The first-order valence-corrected chi connectivity index (χ1v) is 6.30. The highest BCUT2D eigenvalue weighted by molar-refractivity contribution is 5.75. The Balaban J connectivity index is 1.80. The van der Waals surface area contributed by atoms with E-state index in [0.29, 0.717) is 19.8 Å². The van der Waals surface area contributed by atoms with E-state index >= 15 is 0 Å². The lowest BCUT2D eigenvalue weighted by Crippen LogP contribution is -2.46. The predicted molar refractivity (Wildman–Crippen MR) is 68.1 cm³/mol. The number of carbonyl (C=O) groups excluding carboxylic acids is 1. The molecule has 4 nitrogen and oxygen atoms in total. The second-order valence-corrected chi connectivity index (χ2v) is 4.42. The van der Waals surface area contributed by atoms with E-state index < -0.39 is 0 Å². The summed E-state index contributed by atoms with van der Waals surface area (Å²) in [6.45, 7) is 5.20. The summed E-state index contributed by atoms with van der Waals surface area (Å²) in [6, 6.07) is 9.53. The largest absolute Gasteiger partial charge is 0.460 e. The molecule has 1 aliphatic heterocycles. The number of hydrogen-bond acceptors (Lipinski definition) is 4. The van der Waals surface area contributed by atoms with Crippen molar-refractivity contribution in [2.75, 3.05) is 26.3 Å². The van der Waals surface area contributed by atoms with Gasteiger partial charge in [-0.05, 0) is 12.5 Å². The van der Waals surface area contributed by atoms with E-state index in [2.05, 4.69) is 4.90 Å². The lowest BCUT2D eigenvalue weighted by atomic mass is 10.2. The highest BCUT2D eigenvalue weighted by Gasteiger charge is 2.24. The quantitative estimate of drug-likeness (QED) is 0.757. The van der Waals surface area contributed by atoms with Crippen LogP contribution in [0.25, 0.3) is 0 Å². The fourth-order valence-electron chi connectivity index (χ4n) is 1.96. The molecule has 0 saturated carbocycles. The van der Waals surface area contributed by atoms with Crippen LogP contribution in [0, 0.1) is 0 Å². The predicted octanol–water partition coefficient (Wildman–Crippen LogP) is 1.45. The van der Waals surface area contributed by atoms with Crippen LogP contribution >= 0.6 is 0 Å². The van der Waals surface area contributed by atoms with Crippen molar-refractivity contribution in [1.82, 2.24) is 4.90 Å². The van der Waals surface area contributed by atoms with Gasteiger partial charge >= 0.3 is 5.97 Å². The molecule has 0 amide bonds. The summed E-state index contributed by atoms with van der Waals surface area (Å²) in [6.07, 6.45) is 0. The topological polar surface area (TPSA) is 38.8 Å². The maximum atomic E-state index is 11.9. The molecule has 0 bridgehead atoms. The minimum Gasteiger partial charge on any atom is -0.460 e. The fourth-order valence-corrected chi connectivity index (χ4v) is 1.96. The molecule has 4 heteroatoms. The SMILES string of the molecule is C[C@H](C(=O)OCc1ccccc1)N1CCOCC1. The van der Waals surface area contributed by atoms with Gasteiger partial charge in [0.05, 0.1) is 13.2 Å². The summed E-state index contributed by atoms with van der Waals surface area (Å²) in [5.41, 5.74) is 1.01. The summed E-state index contributed by atoms with van der Waals surface area (Å²) >= 11 is 0.